The molecule has 94 valence electrons. The molecule has 4 nitrogen and oxygen atoms in total. The highest BCUT2D eigenvalue weighted by atomic mass is 32.2. The summed E-state index contributed by atoms with van der Waals surface area (Å²) in [4.78, 5) is 15.5. The van der Waals surface area contributed by atoms with Crippen molar-refractivity contribution in [3.8, 4) is 5.75 Å². The summed E-state index contributed by atoms with van der Waals surface area (Å²) < 4.78 is 5.46. The molecular formula is C13H13NO3S. The number of hydrogen-bond donors (Lipinski definition) is 1. The molecule has 0 aliphatic carbocycles. The summed E-state index contributed by atoms with van der Waals surface area (Å²) in [6.07, 6.45) is 0.916. The zero-order valence-corrected chi connectivity index (χ0v) is 10.7. The summed E-state index contributed by atoms with van der Waals surface area (Å²) in [6, 6.07) is 5.78. The van der Waals surface area contributed by atoms with E-state index >= 15 is 0 Å². The smallest absolute Gasteiger partial charge is 0.319 e. The minimum atomic E-state index is -0.796. The Morgan fingerprint density at radius 3 is 3.11 bits per heavy atom. The molecule has 1 aromatic rings. The Morgan fingerprint density at radius 1 is 1.56 bits per heavy atom. The lowest BCUT2D eigenvalue weighted by Gasteiger charge is -2.06. The molecular weight excluding hydrogens is 250 g/mol. The van der Waals surface area contributed by atoms with Gasteiger partial charge in [-0.1, -0.05) is 11.8 Å². The van der Waals surface area contributed by atoms with E-state index in [1.54, 1.807) is 0 Å². The Bertz CT molecular complexity index is 541. The van der Waals surface area contributed by atoms with Crippen LogP contribution in [0.25, 0.3) is 0 Å². The fourth-order valence-corrected chi connectivity index (χ4v) is 3.31. The van der Waals surface area contributed by atoms with Crippen LogP contribution in [0.1, 0.15) is 18.1 Å². The molecule has 2 heterocycles. The van der Waals surface area contributed by atoms with Crippen molar-refractivity contribution in [2.45, 2.75) is 24.6 Å². The molecule has 0 amide bonds. The average molecular weight is 263 g/mol. The van der Waals surface area contributed by atoms with Crippen molar-refractivity contribution in [2.24, 2.45) is 4.99 Å². The Balaban J connectivity index is 1.88. The Labute approximate surface area is 109 Å². The maximum atomic E-state index is 11.1. The zero-order valence-electron chi connectivity index (χ0n) is 9.92. The Hall–Kier alpha value is -1.49. The molecule has 2 aliphatic rings. The standard InChI is InChI=1S/C13H13NO3S/c1-7-11(13(15)16)18-12(14-7)9-2-3-10-8(6-9)4-5-17-10/h2-3,6-7,11H,4-5H2,1H3,(H,15,16). The van der Waals surface area contributed by atoms with Gasteiger partial charge in [-0.05, 0) is 30.7 Å². The number of ether oxygens (including phenoxy) is 1. The molecule has 0 fully saturated rings. The second-order valence-electron chi connectivity index (χ2n) is 4.47. The molecule has 2 aliphatic heterocycles. The molecule has 0 saturated heterocycles. The lowest BCUT2D eigenvalue weighted by molar-refractivity contribution is -0.136. The monoisotopic (exact) mass is 263 g/mol. The molecule has 0 bridgehead atoms. The van der Waals surface area contributed by atoms with Crippen LogP contribution in [0.4, 0.5) is 0 Å². The molecule has 18 heavy (non-hydrogen) atoms. The number of nitrogens with zero attached hydrogens (tertiary/aromatic N) is 1. The average Bonchev–Trinajstić information content (AvgIpc) is 2.93. The molecule has 5 heteroatoms. The van der Waals surface area contributed by atoms with Gasteiger partial charge < -0.3 is 9.84 Å². The summed E-state index contributed by atoms with van der Waals surface area (Å²) in [5.41, 5.74) is 2.18. The largest absolute Gasteiger partial charge is 0.493 e. The maximum Gasteiger partial charge on any atom is 0.319 e. The van der Waals surface area contributed by atoms with Crippen molar-refractivity contribution in [1.82, 2.24) is 0 Å². The molecule has 0 saturated carbocycles. The van der Waals surface area contributed by atoms with Crippen LogP contribution in [-0.2, 0) is 11.2 Å². The summed E-state index contributed by atoms with van der Waals surface area (Å²) >= 11 is 1.34. The van der Waals surface area contributed by atoms with Crippen LogP contribution in [0.3, 0.4) is 0 Å². The van der Waals surface area contributed by atoms with Crippen LogP contribution >= 0.6 is 11.8 Å². The molecule has 2 atom stereocenters. The van der Waals surface area contributed by atoms with Gasteiger partial charge in [-0.3, -0.25) is 9.79 Å². The van der Waals surface area contributed by atoms with Gasteiger partial charge in [0.1, 0.15) is 11.0 Å². The number of carboxylic acids is 1. The third-order valence-corrected chi connectivity index (χ3v) is 4.59. The number of rotatable bonds is 2. The van der Waals surface area contributed by atoms with Gasteiger partial charge in [-0.25, -0.2) is 0 Å². The number of aliphatic carboxylic acids is 1. The van der Waals surface area contributed by atoms with Gasteiger partial charge in [0.05, 0.1) is 17.7 Å². The van der Waals surface area contributed by atoms with Crippen molar-refractivity contribution < 1.29 is 14.6 Å². The predicted octanol–water partition coefficient (Wildman–Crippen LogP) is 1.96. The van der Waals surface area contributed by atoms with Crippen molar-refractivity contribution in [3.05, 3.63) is 29.3 Å². The molecule has 0 radical (unpaired) electrons. The van der Waals surface area contributed by atoms with Crippen molar-refractivity contribution in [1.29, 1.82) is 0 Å². The molecule has 1 N–H and O–H groups in total. The van der Waals surface area contributed by atoms with Gasteiger partial charge in [0.2, 0.25) is 0 Å². The van der Waals surface area contributed by atoms with E-state index in [1.807, 2.05) is 19.1 Å². The number of aliphatic imine (C=N–C) groups is 1. The first-order chi connectivity index (χ1) is 8.65. The number of thioether (sulfide) groups is 1. The van der Waals surface area contributed by atoms with E-state index in [1.165, 1.54) is 17.3 Å². The Kier molecular flexibility index (Phi) is 2.78. The zero-order chi connectivity index (χ0) is 12.7. The third-order valence-electron chi connectivity index (χ3n) is 3.18. The van der Waals surface area contributed by atoms with Crippen molar-refractivity contribution in [3.63, 3.8) is 0 Å². The normalized spacial score (nSPS) is 25.5. The SMILES string of the molecule is CC1N=C(c2ccc3c(c2)CCO3)SC1C(=O)O. The highest BCUT2D eigenvalue weighted by Crippen LogP contribution is 2.33. The predicted molar refractivity (Wildman–Crippen MR) is 70.7 cm³/mol. The van der Waals surface area contributed by atoms with E-state index < -0.39 is 11.2 Å². The van der Waals surface area contributed by atoms with E-state index in [9.17, 15) is 4.79 Å². The molecule has 0 aromatic heterocycles. The quantitative estimate of drug-likeness (QED) is 0.886. The van der Waals surface area contributed by atoms with Crippen LogP contribution < -0.4 is 4.74 Å². The van der Waals surface area contributed by atoms with Crippen LogP contribution in [0.2, 0.25) is 0 Å². The molecule has 2 unspecified atom stereocenters. The molecule has 3 rings (SSSR count). The van der Waals surface area contributed by atoms with E-state index in [2.05, 4.69) is 11.1 Å². The van der Waals surface area contributed by atoms with Gasteiger partial charge >= 0.3 is 5.97 Å². The van der Waals surface area contributed by atoms with Gasteiger partial charge in [0.25, 0.3) is 0 Å². The minimum Gasteiger partial charge on any atom is -0.493 e. The van der Waals surface area contributed by atoms with Gasteiger partial charge in [0, 0.05) is 12.0 Å². The topological polar surface area (TPSA) is 58.9 Å². The summed E-state index contributed by atoms with van der Waals surface area (Å²) in [5, 5.41) is 9.44. The van der Waals surface area contributed by atoms with E-state index in [0.29, 0.717) is 0 Å². The number of benzene rings is 1. The van der Waals surface area contributed by atoms with Gasteiger partial charge in [0.15, 0.2) is 0 Å². The maximum absolute atomic E-state index is 11.1. The Morgan fingerprint density at radius 2 is 2.39 bits per heavy atom. The fourth-order valence-electron chi connectivity index (χ4n) is 2.22. The lowest BCUT2D eigenvalue weighted by Crippen LogP contribution is -2.23. The summed E-state index contributed by atoms with van der Waals surface area (Å²) in [6.45, 7) is 2.57. The second kappa shape index (κ2) is 4.31. The van der Waals surface area contributed by atoms with Crippen LogP contribution in [0, 0.1) is 0 Å². The van der Waals surface area contributed by atoms with E-state index in [0.717, 1.165) is 29.4 Å². The molecule has 0 spiro atoms. The van der Waals surface area contributed by atoms with Crippen molar-refractivity contribution in [2.75, 3.05) is 6.61 Å². The van der Waals surface area contributed by atoms with Gasteiger partial charge in [-0.15, -0.1) is 0 Å². The van der Waals surface area contributed by atoms with Crippen LogP contribution in [0.5, 0.6) is 5.75 Å². The fraction of sp³-hybridized carbons (Fsp3) is 0.385. The van der Waals surface area contributed by atoms with E-state index in [-0.39, 0.29) is 6.04 Å². The third kappa shape index (κ3) is 1.88. The summed E-state index contributed by atoms with van der Waals surface area (Å²) in [7, 11) is 0. The van der Waals surface area contributed by atoms with Gasteiger partial charge in [-0.2, -0.15) is 0 Å². The highest BCUT2D eigenvalue weighted by molar-refractivity contribution is 8.15. The number of carboxylic acid groups (broad SMARTS) is 1. The van der Waals surface area contributed by atoms with Crippen LogP contribution in [0.15, 0.2) is 23.2 Å². The second-order valence-corrected chi connectivity index (χ2v) is 5.60. The lowest BCUT2D eigenvalue weighted by atomic mass is 10.1. The molecule has 1 aromatic carbocycles. The number of carbonyl (C=O) groups is 1. The highest BCUT2D eigenvalue weighted by Gasteiger charge is 2.33. The van der Waals surface area contributed by atoms with E-state index in [4.69, 9.17) is 9.84 Å². The van der Waals surface area contributed by atoms with Crippen molar-refractivity contribution >= 4 is 22.8 Å². The first-order valence-electron chi connectivity index (χ1n) is 5.88. The number of fused-ring (bicyclic) bond motifs is 1. The summed E-state index contributed by atoms with van der Waals surface area (Å²) in [5.74, 6) is 0.140. The minimum absolute atomic E-state index is 0.174. The number of hydrogen-bond acceptors (Lipinski definition) is 4. The first-order valence-corrected chi connectivity index (χ1v) is 6.76. The van der Waals surface area contributed by atoms with Crippen LogP contribution in [-0.4, -0.2) is 34.0 Å². The first kappa shape index (κ1) is 11.6.